The van der Waals surface area contributed by atoms with Crippen molar-refractivity contribution in [2.75, 3.05) is 6.61 Å². The summed E-state index contributed by atoms with van der Waals surface area (Å²) in [5, 5.41) is 36.2. The van der Waals surface area contributed by atoms with Crippen LogP contribution in [0.1, 0.15) is 6.23 Å². The molecule has 0 unspecified atom stereocenters. The lowest BCUT2D eigenvalue weighted by atomic mass is 10.1. The zero-order valence-electron chi connectivity index (χ0n) is 9.54. The third kappa shape index (κ3) is 1.81. The van der Waals surface area contributed by atoms with Crippen LogP contribution in [-0.4, -0.2) is 65.2 Å². The first-order chi connectivity index (χ1) is 9.11. The number of aromatic nitrogens is 5. The first-order valence-corrected chi connectivity index (χ1v) is 5.54. The molecule has 1 aliphatic rings. The molecule has 0 aliphatic carbocycles. The standard InChI is InChI=1S/C9H11N5O5/c15-1-3-5(16)6(17)9(19-3)14-12-4-7(13-14)10-2-11-8(4)18/h2-3,5-6,9,15-17H,1H2,(H,10,11,13,18)/t3-,5+,6+,9+/m0/s1. The van der Waals surface area contributed by atoms with E-state index in [4.69, 9.17) is 9.84 Å². The fourth-order valence-corrected chi connectivity index (χ4v) is 1.95. The van der Waals surface area contributed by atoms with Gasteiger partial charge >= 0.3 is 0 Å². The zero-order valence-corrected chi connectivity index (χ0v) is 9.54. The first kappa shape index (κ1) is 12.2. The summed E-state index contributed by atoms with van der Waals surface area (Å²) in [6.45, 7) is -0.450. The smallest absolute Gasteiger partial charge is 0.280 e. The number of ether oxygens (including phenoxy) is 1. The number of H-pyrrole nitrogens is 1. The predicted octanol–water partition coefficient (Wildman–Crippen LogP) is -2.87. The van der Waals surface area contributed by atoms with Gasteiger partial charge in [0.05, 0.1) is 12.9 Å². The highest BCUT2D eigenvalue weighted by Gasteiger charge is 2.44. The molecule has 102 valence electrons. The molecule has 0 spiro atoms. The second-order valence-corrected chi connectivity index (χ2v) is 4.15. The van der Waals surface area contributed by atoms with Crippen molar-refractivity contribution in [1.82, 2.24) is 25.0 Å². The lowest BCUT2D eigenvalue weighted by Crippen LogP contribution is -2.33. The second kappa shape index (κ2) is 4.35. The monoisotopic (exact) mass is 269 g/mol. The molecule has 1 fully saturated rings. The minimum Gasteiger partial charge on any atom is -0.394 e. The van der Waals surface area contributed by atoms with Crippen LogP contribution in [0.25, 0.3) is 11.2 Å². The predicted molar refractivity (Wildman–Crippen MR) is 59.0 cm³/mol. The Morgan fingerprint density at radius 3 is 2.79 bits per heavy atom. The lowest BCUT2D eigenvalue weighted by molar-refractivity contribution is -0.0650. The van der Waals surface area contributed by atoms with E-state index in [1.54, 1.807) is 0 Å². The minimum absolute atomic E-state index is 0.000221. The Balaban J connectivity index is 2.01. The average Bonchev–Trinajstić information content (AvgIpc) is 2.94. The van der Waals surface area contributed by atoms with Crippen LogP contribution < -0.4 is 5.56 Å². The van der Waals surface area contributed by atoms with Gasteiger partial charge in [-0.25, -0.2) is 4.98 Å². The third-order valence-electron chi connectivity index (χ3n) is 2.95. The molecule has 4 atom stereocenters. The van der Waals surface area contributed by atoms with E-state index in [2.05, 4.69) is 20.2 Å². The molecule has 0 amide bonds. The number of aromatic amines is 1. The number of aliphatic hydroxyl groups is 3. The van der Waals surface area contributed by atoms with Gasteiger partial charge in [-0.3, -0.25) is 4.79 Å². The summed E-state index contributed by atoms with van der Waals surface area (Å²) < 4.78 is 5.24. The number of nitrogens with one attached hydrogen (secondary N) is 1. The summed E-state index contributed by atoms with van der Waals surface area (Å²) in [6.07, 6.45) is -3.39. The van der Waals surface area contributed by atoms with E-state index < -0.39 is 36.7 Å². The number of fused-ring (bicyclic) bond motifs is 1. The van der Waals surface area contributed by atoms with Crippen LogP contribution in [-0.2, 0) is 4.74 Å². The van der Waals surface area contributed by atoms with Crippen molar-refractivity contribution in [2.45, 2.75) is 24.5 Å². The Morgan fingerprint density at radius 2 is 2.16 bits per heavy atom. The van der Waals surface area contributed by atoms with Crippen molar-refractivity contribution in [3.05, 3.63) is 16.7 Å². The second-order valence-electron chi connectivity index (χ2n) is 4.15. The number of aliphatic hydroxyl groups excluding tert-OH is 3. The van der Waals surface area contributed by atoms with Crippen molar-refractivity contribution in [1.29, 1.82) is 0 Å². The molecule has 1 saturated heterocycles. The zero-order chi connectivity index (χ0) is 13.6. The van der Waals surface area contributed by atoms with Gasteiger partial charge in [0.1, 0.15) is 18.3 Å². The van der Waals surface area contributed by atoms with Crippen LogP contribution in [0.5, 0.6) is 0 Å². The number of rotatable bonds is 2. The molecule has 10 heteroatoms. The van der Waals surface area contributed by atoms with Crippen LogP contribution in [0.2, 0.25) is 0 Å². The summed E-state index contributed by atoms with van der Waals surface area (Å²) in [4.78, 5) is 18.6. The van der Waals surface area contributed by atoms with E-state index in [0.717, 1.165) is 4.80 Å². The van der Waals surface area contributed by atoms with Crippen LogP contribution >= 0.6 is 0 Å². The molecule has 0 aromatic carbocycles. The van der Waals surface area contributed by atoms with Gasteiger partial charge in [0.25, 0.3) is 5.56 Å². The molecule has 2 aromatic heterocycles. The maximum atomic E-state index is 11.5. The molecule has 0 radical (unpaired) electrons. The van der Waals surface area contributed by atoms with Crippen LogP contribution in [0.15, 0.2) is 11.1 Å². The van der Waals surface area contributed by atoms with Gasteiger partial charge in [0, 0.05) is 0 Å². The molecule has 0 bridgehead atoms. The molecule has 1 aliphatic heterocycles. The van der Waals surface area contributed by atoms with Crippen molar-refractivity contribution >= 4 is 11.2 Å². The van der Waals surface area contributed by atoms with E-state index in [1.165, 1.54) is 6.33 Å². The van der Waals surface area contributed by atoms with Crippen LogP contribution in [0.3, 0.4) is 0 Å². The summed E-state index contributed by atoms with van der Waals surface area (Å²) in [5.74, 6) is 0. The molecule has 3 rings (SSSR count). The highest BCUT2D eigenvalue weighted by Crippen LogP contribution is 2.28. The highest BCUT2D eigenvalue weighted by molar-refractivity contribution is 5.66. The number of hydrogen-bond donors (Lipinski definition) is 4. The van der Waals surface area contributed by atoms with E-state index in [0.29, 0.717) is 0 Å². The molecule has 19 heavy (non-hydrogen) atoms. The van der Waals surface area contributed by atoms with Gasteiger partial charge in [-0.2, -0.15) is 0 Å². The summed E-state index contributed by atoms with van der Waals surface area (Å²) in [7, 11) is 0. The molecular formula is C9H11N5O5. The Morgan fingerprint density at radius 1 is 1.37 bits per heavy atom. The minimum atomic E-state index is -1.31. The Hall–Kier alpha value is -1.88. The molecule has 2 aromatic rings. The molecule has 10 nitrogen and oxygen atoms in total. The first-order valence-electron chi connectivity index (χ1n) is 5.54. The maximum absolute atomic E-state index is 11.5. The van der Waals surface area contributed by atoms with Crippen LogP contribution in [0.4, 0.5) is 0 Å². The van der Waals surface area contributed by atoms with Crippen molar-refractivity contribution in [2.24, 2.45) is 0 Å². The normalized spacial score (nSPS) is 31.1. The van der Waals surface area contributed by atoms with Gasteiger partial charge in [0.15, 0.2) is 11.7 Å². The quantitative estimate of drug-likeness (QED) is 0.455. The van der Waals surface area contributed by atoms with E-state index in [9.17, 15) is 15.0 Å². The summed E-state index contributed by atoms with van der Waals surface area (Å²) >= 11 is 0. The Bertz CT molecular complexity index is 654. The van der Waals surface area contributed by atoms with Crippen molar-refractivity contribution in [3.8, 4) is 0 Å². The van der Waals surface area contributed by atoms with Gasteiger partial charge in [0.2, 0.25) is 5.65 Å². The molecule has 0 saturated carbocycles. The maximum Gasteiger partial charge on any atom is 0.280 e. The SMILES string of the molecule is O=c1[nH]cnc2nn([C@@H]3O[C@@H](CO)[C@@H](O)[C@H]3O)nc12. The van der Waals surface area contributed by atoms with E-state index in [1.807, 2.05) is 0 Å². The largest absolute Gasteiger partial charge is 0.394 e. The van der Waals surface area contributed by atoms with Crippen molar-refractivity contribution in [3.63, 3.8) is 0 Å². The number of nitrogens with zero attached hydrogens (tertiary/aromatic N) is 4. The van der Waals surface area contributed by atoms with E-state index >= 15 is 0 Å². The van der Waals surface area contributed by atoms with Gasteiger partial charge in [-0.15, -0.1) is 15.0 Å². The van der Waals surface area contributed by atoms with Crippen LogP contribution in [0, 0.1) is 0 Å². The van der Waals surface area contributed by atoms with Gasteiger partial charge in [-0.05, 0) is 0 Å². The topological polar surface area (TPSA) is 146 Å². The molecule has 3 heterocycles. The molecule has 4 N–H and O–H groups in total. The fraction of sp³-hybridized carbons (Fsp3) is 0.556. The summed E-state index contributed by atoms with van der Waals surface area (Å²) in [5.41, 5.74) is -0.371. The van der Waals surface area contributed by atoms with Gasteiger partial charge in [-0.1, -0.05) is 0 Å². The lowest BCUT2D eigenvalue weighted by Gasteiger charge is -2.12. The number of hydrogen-bond acceptors (Lipinski definition) is 8. The average molecular weight is 269 g/mol. The summed E-state index contributed by atoms with van der Waals surface area (Å²) in [6, 6.07) is 0. The Kier molecular flexibility index (Phi) is 2.78. The molecular weight excluding hydrogens is 258 g/mol. The van der Waals surface area contributed by atoms with Crippen molar-refractivity contribution < 1.29 is 20.1 Å². The highest BCUT2D eigenvalue weighted by atomic mass is 16.6. The fourth-order valence-electron chi connectivity index (χ4n) is 1.95. The van der Waals surface area contributed by atoms with E-state index in [-0.39, 0.29) is 11.2 Å². The van der Waals surface area contributed by atoms with Gasteiger partial charge < -0.3 is 25.0 Å². The Labute approximate surface area is 105 Å². The third-order valence-corrected chi connectivity index (χ3v) is 2.95.